The van der Waals surface area contributed by atoms with Crippen molar-refractivity contribution < 1.29 is 9.53 Å². The van der Waals surface area contributed by atoms with Crippen LogP contribution >= 0.6 is 23.2 Å². The number of carbonyl (C=O) groups excluding carboxylic acids is 1. The SMILES string of the molecule is Cc1c(Cl)ccc(O[C@H](C)C(=O)Nc2ccccc2)c1Cl. The lowest BCUT2D eigenvalue weighted by molar-refractivity contribution is -0.122. The summed E-state index contributed by atoms with van der Waals surface area (Å²) in [6, 6.07) is 12.5. The summed E-state index contributed by atoms with van der Waals surface area (Å²) in [7, 11) is 0. The molecule has 0 aliphatic heterocycles. The molecule has 0 radical (unpaired) electrons. The summed E-state index contributed by atoms with van der Waals surface area (Å²) in [6.07, 6.45) is -0.678. The van der Waals surface area contributed by atoms with E-state index in [-0.39, 0.29) is 5.91 Å². The Bertz CT molecular complexity index is 644. The molecule has 0 aliphatic carbocycles. The molecule has 0 heterocycles. The minimum Gasteiger partial charge on any atom is -0.479 e. The number of benzene rings is 2. The smallest absolute Gasteiger partial charge is 0.265 e. The third-order valence-electron chi connectivity index (χ3n) is 3.00. The van der Waals surface area contributed by atoms with Crippen LogP contribution in [0.25, 0.3) is 0 Å². The van der Waals surface area contributed by atoms with Crippen molar-refractivity contribution in [2.45, 2.75) is 20.0 Å². The number of para-hydroxylation sites is 1. The standard InChI is InChI=1S/C16H15Cl2NO2/c1-10-13(17)8-9-14(15(10)18)21-11(2)16(20)19-12-6-4-3-5-7-12/h3-9,11H,1-2H3,(H,19,20)/t11-/m1/s1. The highest BCUT2D eigenvalue weighted by molar-refractivity contribution is 6.36. The summed E-state index contributed by atoms with van der Waals surface area (Å²) in [5.74, 6) is 0.194. The molecule has 5 heteroatoms. The predicted octanol–water partition coefficient (Wildman–Crippen LogP) is 4.71. The maximum Gasteiger partial charge on any atom is 0.265 e. The van der Waals surface area contributed by atoms with Gasteiger partial charge in [0.1, 0.15) is 5.75 Å². The maximum atomic E-state index is 12.1. The summed E-state index contributed by atoms with van der Waals surface area (Å²) >= 11 is 12.1. The van der Waals surface area contributed by atoms with Crippen molar-refractivity contribution in [1.29, 1.82) is 0 Å². The zero-order valence-corrected chi connectivity index (χ0v) is 13.2. The molecule has 2 rings (SSSR count). The molecule has 0 aliphatic rings. The van der Waals surface area contributed by atoms with Gasteiger partial charge in [-0.1, -0.05) is 41.4 Å². The third-order valence-corrected chi connectivity index (χ3v) is 3.88. The van der Waals surface area contributed by atoms with Gasteiger partial charge in [0, 0.05) is 10.7 Å². The van der Waals surface area contributed by atoms with E-state index >= 15 is 0 Å². The van der Waals surface area contributed by atoms with Crippen LogP contribution in [0.2, 0.25) is 10.0 Å². The normalized spacial score (nSPS) is 11.8. The molecule has 0 saturated carbocycles. The first-order valence-electron chi connectivity index (χ1n) is 6.46. The van der Waals surface area contributed by atoms with Crippen LogP contribution < -0.4 is 10.1 Å². The molecule has 0 bridgehead atoms. The summed E-state index contributed by atoms with van der Waals surface area (Å²) in [4.78, 5) is 12.1. The van der Waals surface area contributed by atoms with Crippen LogP contribution in [0.4, 0.5) is 5.69 Å². The number of amides is 1. The Hall–Kier alpha value is -1.71. The number of hydrogen-bond donors (Lipinski definition) is 1. The highest BCUT2D eigenvalue weighted by Crippen LogP contribution is 2.33. The van der Waals surface area contributed by atoms with Crippen molar-refractivity contribution in [2.24, 2.45) is 0 Å². The number of nitrogens with one attached hydrogen (secondary N) is 1. The van der Waals surface area contributed by atoms with Gasteiger partial charge in [0.05, 0.1) is 5.02 Å². The summed E-state index contributed by atoms with van der Waals surface area (Å²) in [5, 5.41) is 3.76. The molecule has 110 valence electrons. The molecular weight excluding hydrogens is 309 g/mol. The molecule has 1 amide bonds. The van der Waals surface area contributed by atoms with E-state index in [1.54, 1.807) is 26.0 Å². The maximum absolute atomic E-state index is 12.1. The lowest BCUT2D eigenvalue weighted by Gasteiger charge is -2.16. The fraction of sp³-hybridized carbons (Fsp3) is 0.188. The Kier molecular flexibility index (Phi) is 5.10. The van der Waals surface area contributed by atoms with Gasteiger partial charge in [-0.3, -0.25) is 4.79 Å². The first kappa shape index (κ1) is 15.7. The number of rotatable bonds is 4. The van der Waals surface area contributed by atoms with E-state index in [9.17, 15) is 4.79 Å². The quantitative estimate of drug-likeness (QED) is 0.885. The van der Waals surface area contributed by atoms with Crippen molar-refractivity contribution in [3.05, 3.63) is 58.1 Å². The van der Waals surface area contributed by atoms with E-state index in [1.165, 1.54) is 0 Å². The topological polar surface area (TPSA) is 38.3 Å². The molecule has 0 fully saturated rings. The summed E-state index contributed by atoms with van der Waals surface area (Å²) in [5.41, 5.74) is 1.45. The van der Waals surface area contributed by atoms with Gasteiger partial charge < -0.3 is 10.1 Å². The highest BCUT2D eigenvalue weighted by atomic mass is 35.5. The molecular formula is C16H15Cl2NO2. The second-order valence-electron chi connectivity index (χ2n) is 4.60. The van der Waals surface area contributed by atoms with E-state index in [4.69, 9.17) is 27.9 Å². The minimum absolute atomic E-state index is 0.245. The number of hydrogen-bond acceptors (Lipinski definition) is 2. The second kappa shape index (κ2) is 6.83. The van der Waals surface area contributed by atoms with Crippen LogP contribution in [0, 0.1) is 6.92 Å². The monoisotopic (exact) mass is 323 g/mol. The fourth-order valence-corrected chi connectivity index (χ4v) is 2.15. The first-order valence-corrected chi connectivity index (χ1v) is 7.22. The Balaban J connectivity index is 2.06. The first-order chi connectivity index (χ1) is 9.99. The van der Waals surface area contributed by atoms with Gasteiger partial charge in [0.25, 0.3) is 5.91 Å². The molecule has 2 aromatic carbocycles. The third kappa shape index (κ3) is 3.90. The minimum atomic E-state index is -0.678. The Morgan fingerprint density at radius 2 is 1.81 bits per heavy atom. The number of halogens is 2. The van der Waals surface area contributed by atoms with Crippen molar-refractivity contribution in [3.8, 4) is 5.75 Å². The molecule has 3 nitrogen and oxygen atoms in total. The lowest BCUT2D eigenvalue weighted by Crippen LogP contribution is -2.30. The van der Waals surface area contributed by atoms with E-state index < -0.39 is 6.10 Å². The molecule has 0 unspecified atom stereocenters. The van der Waals surface area contributed by atoms with Gasteiger partial charge in [-0.25, -0.2) is 0 Å². The average molecular weight is 324 g/mol. The number of ether oxygens (including phenoxy) is 1. The highest BCUT2D eigenvalue weighted by Gasteiger charge is 2.17. The van der Waals surface area contributed by atoms with Crippen molar-refractivity contribution in [1.82, 2.24) is 0 Å². The van der Waals surface area contributed by atoms with Crippen LogP contribution in [-0.4, -0.2) is 12.0 Å². The van der Waals surface area contributed by atoms with Crippen LogP contribution in [0.15, 0.2) is 42.5 Å². The fourth-order valence-electron chi connectivity index (χ4n) is 1.74. The molecule has 2 aromatic rings. The Labute approximate surface area is 133 Å². The zero-order chi connectivity index (χ0) is 15.4. The van der Waals surface area contributed by atoms with Gasteiger partial charge in [-0.05, 0) is 43.7 Å². The van der Waals surface area contributed by atoms with E-state index in [0.717, 1.165) is 11.3 Å². The predicted molar refractivity (Wildman–Crippen MR) is 86.4 cm³/mol. The van der Waals surface area contributed by atoms with Crippen molar-refractivity contribution in [3.63, 3.8) is 0 Å². The van der Waals surface area contributed by atoms with Crippen LogP contribution in [0.1, 0.15) is 12.5 Å². The largest absolute Gasteiger partial charge is 0.479 e. The molecule has 1 atom stereocenters. The average Bonchev–Trinajstić information content (AvgIpc) is 2.48. The van der Waals surface area contributed by atoms with Crippen molar-refractivity contribution in [2.75, 3.05) is 5.32 Å². The van der Waals surface area contributed by atoms with Crippen molar-refractivity contribution >= 4 is 34.8 Å². The number of carbonyl (C=O) groups is 1. The van der Waals surface area contributed by atoms with Crippen LogP contribution in [0.5, 0.6) is 5.75 Å². The Morgan fingerprint density at radius 3 is 2.48 bits per heavy atom. The van der Waals surface area contributed by atoms with Gasteiger partial charge >= 0.3 is 0 Å². The van der Waals surface area contributed by atoms with Crippen LogP contribution in [0.3, 0.4) is 0 Å². The van der Waals surface area contributed by atoms with E-state index in [0.29, 0.717) is 15.8 Å². The summed E-state index contributed by atoms with van der Waals surface area (Å²) < 4.78 is 5.61. The second-order valence-corrected chi connectivity index (χ2v) is 5.39. The molecule has 1 N–H and O–H groups in total. The zero-order valence-electron chi connectivity index (χ0n) is 11.7. The summed E-state index contributed by atoms with van der Waals surface area (Å²) in [6.45, 7) is 3.46. The van der Waals surface area contributed by atoms with E-state index in [1.807, 2.05) is 30.3 Å². The Morgan fingerprint density at radius 1 is 1.14 bits per heavy atom. The lowest BCUT2D eigenvalue weighted by atomic mass is 10.2. The van der Waals surface area contributed by atoms with E-state index in [2.05, 4.69) is 5.32 Å². The molecule has 0 spiro atoms. The van der Waals surface area contributed by atoms with Crippen LogP contribution in [-0.2, 0) is 4.79 Å². The molecule has 21 heavy (non-hydrogen) atoms. The molecule has 0 saturated heterocycles. The van der Waals surface area contributed by atoms with Gasteiger partial charge in [0.15, 0.2) is 6.10 Å². The number of anilines is 1. The molecule has 0 aromatic heterocycles. The van der Waals surface area contributed by atoms with Gasteiger partial charge in [-0.2, -0.15) is 0 Å². The van der Waals surface area contributed by atoms with Gasteiger partial charge in [0.2, 0.25) is 0 Å². The van der Waals surface area contributed by atoms with Gasteiger partial charge in [-0.15, -0.1) is 0 Å².